The molecule has 0 spiro atoms. The number of aryl methyl sites for hydroxylation is 1. The number of aliphatic hydroxyl groups excluding tert-OH is 1. The van der Waals surface area contributed by atoms with Gasteiger partial charge in [0.25, 0.3) is 0 Å². The van der Waals surface area contributed by atoms with Crippen molar-refractivity contribution in [3.05, 3.63) is 60.4 Å². The number of nitrogens with one attached hydrogen (secondary N) is 2. The lowest BCUT2D eigenvalue weighted by Crippen LogP contribution is -2.48. The van der Waals surface area contributed by atoms with E-state index in [-0.39, 0.29) is 23.8 Å². The summed E-state index contributed by atoms with van der Waals surface area (Å²) >= 11 is 0. The minimum absolute atomic E-state index is 0.0294. The van der Waals surface area contributed by atoms with Crippen LogP contribution in [0.5, 0.6) is 0 Å². The molecule has 29 heavy (non-hydrogen) atoms. The fourth-order valence-corrected chi connectivity index (χ4v) is 3.55. The second-order valence-electron chi connectivity index (χ2n) is 7.35. The Bertz CT molecular complexity index is 805. The molecule has 1 aliphatic rings. The lowest BCUT2D eigenvalue weighted by molar-refractivity contribution is -0.127. The monoisotopic (exact) mass is 396 g/mol. The van der Waals surface area contributed by atoms with Crippen LogP contribution in [0, 0.1) is 5.92 Å². The number of carbonyl (C=O) groups is 2. The lowest BCUT2D eigenvalue weighted by atomic mass is 9.83. The zero-order valence-electron chi connectivity index (χ0n) is 16.4. The number of nitrogens with zero attached hydrogens (tertiary/aromatic N) is 2. The predicted octanol–water partition coefficient (Wildman–Crippen LogP) is 1.75. The third kappa shape index (κ3) is 6.57. The van der Waals surface area contributed by atoms with Crippen molar-refractivity contribution < 1.29 is 14.7 Å². The zero-order valence-corrected chi connectivity index (χ0v) is 16.4. The topological polar surface area (TPSA) is 96.3 Å². The van der Waals surface area contributed by atoms with Gasteiger partial charge in [0.2, 0.25) is 11.8 Å². The minimum Gasteiger partial charge on any atom is -0.391 e. The largest absolute Gasteiger partial charge is 0.391 e. The molecule has 0 bridgehead atoms. The van der Waals surface area contributed by atoms with E-state index >= 15 is 0 Å². The fourth-order valence-electron chi connectivity index (χ4n) is 3.55. The third-order valence-corrected chi connectivity index (χ3v) is 5.16. The average Bonchev–Trinajstić information content (AvgIpc) is 3.25. The molecular weight excluding hydrogens is 368 g/mol. The van der Waals surface area contributed by atoms with Crippen molar-refractivity contribution in [1.29, 1.82) is 0 Å². The molecular formula is C22H28N4O3. The van der Waals surface area contributed by atoms with Gasteiger partial charge in [-0.2, -0.15) is 5.10 Å². The first-order valence-corrected chi connectivity index (χ1v) is 10.1. The Morgan fingerprint density at radius 3 is 2.76 bits per heavy atom. The summed E-state index contributed by atoms with van der Waals surface area (Å²) in [6, 6.07) is 11.1. The number of aromatic nitrogens is 2. The van der Waals surface area contributed by atoms with Crippen LogP contribution in [0.1, 0.15) is 31.2 Å². The van der Waals surface area contributed by atoms with Crippen LogP contribution in [0.15, 0.2) is 54.9 Å². The van der Waals surface area contributed by atoms with Crippen LogP contribution >= 0.6 is 0 Å². The van der Waals surface area contributed by atoms with Crippen LogP contribution in [0.4, 0.5) is 0 Å². The van der Waals surface area contributed by atoms with Gasteiger partial charge in [-0.1, -0.05) is 30.3 Å². The minimum atomic E-state index is -0.724. The number of benzene rings is 1. The molecule has 3 atom stereocenters. The van der Waals surface area contributed by atoms with E-state index in [9.17, 15) is 14.7 Å². The van der Waals surface area contributed by atoms with Crippen LogP contribution in [0.3, 0.4) is 0 Å². The Morgan fingerprint density at radius 2 is 2.03 bits per heavy atom. The molecule has 0 aliphatic heterocycles. The zero-order chi connectivity index (χ0) is 20.5. The van der Waals surface area contributed by atoms with Gasteiger partial charge in [-0.05, 0) is 43.4 Å². The van der Waals surface area contributed by atoms with Crippen molar-refractivity contribution in [2.45, 2.75) is 44.4 Å². The number of hydrogen-bond donors (Lipinski definition) is 3. The highest BCUT2D eigenvalue weighted by Gasteiger charge is 2.33. The molecule has 7 heteroatoms. The summed E-state index contributed by atoms with van der Waals surface area (Å²) in [6.45, 7) is 1.33. The molecule has 3 N–H and O–H groups in total. The molecule has 1 fully saturated rings. The van der Waals surface area contributed by atoms with Gasteiger partial charge in [0.05, 0.1) is 12.1 Å². The van der Waals surface area contributed by atoms with Crippen molar-refractivity contribution in [3.63, 3.8) is 0 Å². The number of carbonyl (C=O) groups excluding carboxylic acids is 2. The highest BCUT2D eigenvalue weighted by atomic mass is 16.3. The first kappa shape index (κ1) is 20.8. The third-order valence-electron chi connectivity index (χ3n) is 5.16. The molecule has 1 heterocycles. The van der Waals surface area contributed by atoms with Crippen molar-refractivity contribution in [2.75, 3.05) is 6.54 Å². The van der Waals surface area contributed by atoms with Crippen molar-refractivity contribution in [1.82, 2.24) is 20.4 Å². The SMILES string of the molecule is O=C(/C=C/c1ccccc1)N[C@H]1CC[C@H](C(=O)NCCCn2cccn2)C[C@@H]1O. The van der Waals surface area contributed by atoms with E-state index in [1.807, 2.05) is 47.3 Å². The molecule has 7 nitrogen and oxygen atoms in total. The standard InChI is InChI=1S/C22H28N4O3/c27-20-16-18(22(29)23-12-4-14-26-15-5-13-24-26)9-10-19(20)25-21(28)11-8-17-6-2-1-3-7-17/h1-3,5-8,11,13,15,18-20,27H,4,9-10,12,14,16H2,(H,23,29)(H,25,28)/b11-8+/t18-,19-,20-/m0/s1. The van der Waals surface area contributed by atoms with Crippen LogP contribution in [-0.4, -0.2) is 45.4 Å². The number of aliphatic hydroxyl groups is 1. The van der Waals surface area contributed by atoms with E-state index in [1.54, 1.807) is 12.3 Å². The number of rotatable bonds is 8. The lowest BCUT2D eigenvalue weighted by Gasteiger charge is -2.32. The van der Waals surface area contributed by atoms with E-state index in [4.69, 9.17) is 0 Å². The van der Waals surface area contributed by atoms with E-state index in [1.165, 1.54) is 6.08 Å². The molecule has 1 aromatic heterocycles. The summed E-state index contributed by atoms with van der Waals surface area (Å²) in [5.74, 6) is -0.486. The quantitative estimate of drug-likeness (QED) is 0.468. The summed E-state index contributed by atoms with van der Waals surface area (Å²) in [5.41, 5.74) is 0.941. The molecule has 1 aromatic carbocycles. The molecule has 154 valence electrons. The van der Waals surface area contributed by atoms with Gasteiger partial charge in [0, 0.05) is 37.5 Å². The van der Waals surface area contributed by atoms with Gasteiger partial charge in [-0.25, -0.2) is 0 Å². The van der Waals surface area contributed by atoms with Gasteiger partial charge in [-0.3, -0.25) is 14.3 Å². The molecule has 2 aromatic rings. The summed E-state index contributed by atoms with van der Waals surface area (Å²) < 4.78 is 1.83. The van der Waals surface area contributed by atoms with Crippen LogP contribution in [-0.2, 0) is 16.1 Å². The van der Waals surface area contributed by atoms with Gasteiger partial charge in [0.15, 0.2) is 0 Å². The molecule has 3 rings (SSSR count). The first-order chi connectivity index (χ1) is 14.1. The Kier molecular flexibility index (Phi) is 7.58. The second kappa shape index (κ2) is 10.6. The van der Waals surface area contributed by atoms with Gasteiger partial charge < -0.3 is 15.7 Å². The van der Waals surface area contributed by atoms with E-state index in [2.05, 4.69) is 15.7 Å². The fraction of sp³-hybridized carbons (Fsp3) is 0.409. The second-order valence-corrected chi connectivity index (χ2v) is 7.35. The van der Waals surface area contributed by atoms with Crippen molar-refractivity contribution >= 4 is 17.9 Å². The maximum Gasteiger partial charge on any atom is 0.244 e. The van der Waals surface area contributed by atoms with Crippen molar-refractivity contribution in [2.24, 2.45) is 5.92 Å². The van der Waals surface area contributed by atoms with Crippen LogP contribution in [0.2, 0.25) is 0 Å². The van der Waals surface area contributed by atoms with Crippen LogP contribution < -0.4 is 10.6 Å². The highest BCUT2D eigenvalue weighted by Crippen LogP contribution is 2.25. The maximum atomic E-state index is 12.4. The molecule has 1 aliphatic carbocycles. The molecule has 0 saturated heterocycles. The summed E-state index contributed by atoms with van der Waals surface area (Å²) in [6.07, 6.45) is 8.50. The van der Waals surface area contributed by atoms with Gasteiger partial charge >= 0.3 is 0 Å². The van der Waals surface area contributed by atoms with Gasteiger partial charge in [-0.15, -0.1) is 0 Å². The van der Waals surface area contributed by atoms with Gasteiger partial charge in [0.1, 0.15) is 0 Å². The molecule has 1 saturated carbocycles. The average molecular weight is 396 g/mol. The number of amides is 2. The summed E-state index contributed by atoms with van der Waals surface area (Å²) in [5, 5.41) is 20.3. The Balaban J connectivity index is 1.37. The smallest absolute Gasteiger partial charge is 0.244 e. The number of hydrogen-bond acceptors (Lipinski definition) is 4. The normalized spacial score (nSPS) is 21.8. The predicted molar refractivity (Wildman–Crippen MR) is 111 cm³/mol. The highest BCUT2D eigenvalue weighted by molar-refractivity contribution is 5.92. The van der Waals surface area contributed by atoms with E-state index < -0.39 is 6.10 Å². The van der Waals surface area contributed by atoms with Crippen LogP contribution in [0.25, 0.3) is 6.08 Å². The van der Waals surface area contributed by atoms with E-state index in [0.717, 1.165) is 18.5 Å². The molecule has 0 radical (unpaired) electrons. The first-order valence-electron chi connectivity index (χ1n) is 10.1. The molecule has 2 amide bonds. The Labute approximate surface area is 170 Å². The summed E-state index contributed by atoms with van der Waals surface area (Å²) in [7, 11) is 0. The maximum absolute atomic E-state index is 12.4. The Morgan fingerprint density at radius 1 is 1.21 bits per heavy atom. The molecule has 0 unspecified atom stereocenters. The van der Waals surface area contributed by atoms with E-state index in [0.29, 0.717) is 25.8 Å². The van der Waals surface area contributed by atoms with Crippen molar-refractivity contribution in [3.8, 4) is 0 Å². The Hall–Kier alpha value is -2.93. The summed E-state index contributed by atoms with van der Waals surface area (Å²) in [4.78, 5) is 24.5.